The van der Waals surface area contributed by atoms with Gasteiger partial charge < -0.3 is 4.74 Å². The molecule has 21 heavy (non-hydrogen) atoms. The van der Waals surface area contributed by atoms with E-state index in [0.29, 0.717) is 0 Å². The Morgan fingerprint density at radius 2 is 1.33 bits per heavy atom. The van der Waals surface area contributed by atoms with Crippen LogP contribution in [0.5, 0.6) is 0 Å². The third kappa shape index (κ3) is 4.63. The third-order valence-electron chi connectivity index (χ3n) is 3.39. The maximum absolute atomic E-state index is 6.26. The zero-order valence-electron chi connectivity index (χ0n) is 12.8. The molecule has 0 radical (unpaired) electrons. The van der Waals surface area contributed by atoms with Gasteiger partial charge in [0, 0.05) is 0 Å². The SMILES string of the molecule is CCCCC(OC(CCCC)n1cncn1)n1cncn1. The fraction of sp³-hybridized carbons (Fsp3) is 0.714. The van der Waals surface area contributed by atoms with E-state index in [2.05, 4.69) is 34.0 Å². The Labute approximate surface area is 125 Å². The number of nitrogens with zero attached hydrogens (tertiary/aromatic N) is 6. The normalized spacial score (nSPS) is 14.2. The molecule has 2 rings (SSSR count). The molecule has 0 aliphatic heterocycles. The summed E-state index contributed by atoms with van der Waals surface area (Å²) in [5, 5.41) is 8.44. The molecular formula is C14H24N6O. The molecular weight excluding hydrogens is 268 g/mol. The van der Waals surface area contributed by atoms with Crippen LogP contribution in [0.4, 0.5) is 0 Å². The summed E-state index contributed by atoms with van der Waals surface area (Å²) in [4.78, 5) is 8.04. The molecule has 2 atom stereocenters. The predicted molar refractivity (Wildman–Crippen MR) is 78.3 cm³/mol. The van der Waals surface area contributed by atoms with Crippen molar-refractivity contribution >= 4 is 0 Å². The number of hydrogen-bond acceptors (Lipinski definition) is 5. The largest absolute Gasteiger partial charge is 0.331 e. The lowest BCUT2D eigenvalue weighted by molar-refractivity contribution is -0.110. The van der Waals surface area contributed by atoms with E-state index in [1.165, 1.54) is 0 Å². The van der Waals surface area contributed by atoms with Crippen molar-refractivity contribution < 1.29 is 4.74 Å². The Bertz CT molecular complexity index is 425. The molecule has 0 bridgehead atoms. The fourth-order valence-corrected chi connectivity index (χ4v) is 2.20. The zero-order valence-corrected chi connectivity index (χ0v) is 12.8. The summed E-state index contributed by atoms with van der Waals surface area (Å²) in [5.74, 6) is 0. The molecule has 116 valence electrons. The van der Waals surface area contributed by atoms with Crippen molar-refractivity contribution in [1.29, 1.82) is 0 Å². The van der Waals surface area contributed by atoms with Crippen molar-refractivity contribution in [2.45, 2.75) is 64.8 Å². The second-order valence-corrected chi connectivity index (χ2v) is 5.08. The van der Waals surface area contributed by atoms with Crippen LogP contribution < -0.4 is 0 Å². The van der Waals surface area contributed by atoms with E-state index in [0.717, 1.165) is 38.5 Å². The van der Waals surface area contributed by atoms with Crippen LogP contribution in [0.3, 0.4) is 0 Å². The Morgan fingerprint density at radius 1 is 0.857 bits per heavy atom. The standard InChI is InChI=1S/C14H24N6O/c1-3-5-7-13(19-11-15-9-17-19)21-14(8-6-4-2)20-12-16-10-18-20/h9-14H,3-8H2,1-2H3. The monoisotopic (exact) mass is 292 g/mol. The lowest BCUT2D eigenvalue weighted by Gasteiger charge is -2.24. The number of hydrogen-bond donors (Lipinski definition) is 0. The summed E-state index contributed by atoms with van der Waals surface area (Å²) in [7, 11) is 0. The maximum atomic E-state index is 6.26. The topological polar surface area (TPSA) is 70.7 Å². The molecule has 0 saturated heterocycles. The average molecular weight is 292 g/mol. The van der Waals surface area contributed by atoms with Crippen LogP contribution in [-0.4, -0.2) is 29.5 Å². The number of aromatic nitrogens is 6. The predicted octanol–water partition coefficient (Wildman–Crippen LogP) is 2.96. The molecule has 7 nitrogen and oxygen atoms in total. The number of ether oxygens (including phenoxy) is 1. The highest BCUT2D eigenvalue weighted by atomic mass is 16.5. The molecule has 0 aliphatic carbocycles. The molecule has 0 spiro atoms. The maximum Gasteiger partial charge on any atom is 0.154 e. The molecule has 0 aliphatic rings. The summed E-state index contributed by atoms with van der Waals surface area (Å²) in [6.45, 7) is 4.34. The van der Waals surface area contributed by atoms with E-state index < -0.39 is 0 Å². The van der Waals surface area contributed by atoms with Crippen molar-refractivity contribution in [3.8, 4) is 0 Å². The van der Waals surface area contributed by atoms with Gasteiger partial charge in [0.15, 0.2) is 12.5 Å². The van der Waals surface area contributed by atoms with Gasteiger partial charge in [-0.05, 0) is 25.7 Å². The lowest BCUT2D eigenvalue weighted by Crippen LogP contribution is -2.21. The van der Waals surface area contributed by atoms with Crippen LogP contribution in [0.1, 0.15) is 64.8 Å². The summed E-state index contributed by atoms with van der Waals surface area (Å²) in [6.07, 6.45) is 12.5. The van der Waals surface area contributed by atoms with E-state index in [1.54, 1.807) is 34.7 Å². The molecule has 0 saturated carbocycles. The first-order valence-electron chi connectivity index (χ1n) is 7.68. The van der Waals surface area contributed by atoms with E-state index in [1.807, 2.05) is 0 Å². The Hall–Kier alpha value is -1.76. The first-order valence-corrected chi connectivity index (χ1v) is 7.68. The van der Waals surface area contributed by atoms with Crippen LogP contribution in [0.2, 0.25) is 0 Å². The van der Waals surface area contributed by atoms with Crippen molar-refractivity contribution in [3.05, 3.63) is 25.3 Å². The average Bonchev–Trinajstić information content (AvgIpc) is 3.19. The van der Waals surface area contributed by atoms with Gasteiger partial charge in [0.1, 0.15) is 25.3 Å². The van der Waals surface area contributed by atoms with Crippen LogP contribution in [0.25, 0.3) is 0 Å². The second kappa shape index (κ2) is 8.51. The minimum atomic E-state index is -0.112. The van der Waals surface area contributed by atoms with E-state index in [9.17, 15) is 0 Å². The first kappa shape index (κ1) is 15.6. The molecule has 0 fully saturated rings. The van der Waals surface area contributed by atoms with Gasteiger partial charge in [-0.1, -0.05) is 26.7 Å². The minimum absolute atomic E-state index is 0.112. The summed E-state index contributed by atoms with van der Waals surface area (Å²) >= 11 is 0. The van der Waals surface area contributed by atoms with Gasteiger partial charge >= 0.3 is 0 Å². The highest BCUT2D eigenvalue weighted by molar-refractivity contribution is 4.67. The van der Waals surface area contributed by atoms with Crippen LogP contribution in [-0.2, 0) is 4.74 Å². The highest BCUT2D eigenvalue weighted by Gasteiger charge is 2.20. The van der Waals surface area contributed by atoms with Gasteiger partial charge in [-0.15, -0.1) is 0 Å². The Balaban J connectivity index is 2.07. The van der Waals surface area contributed by atoms with E-state index in [4.69, 9.17) is 4.74 Å². The summed E-state index contributed by atoms with van der Waals surface area (Å²) < 4.78 is 9.83. The van der Waals surface area contributed by atoms with E-state index in [-0.39, 0.29) is 12.5 Å². The van der Waals surface area contributed by atoms with Crippen LogP contribution in [0.15, 0.2) is 25.3 Å². The van der Waals surface area contributed by atoms with Crippen LogP contribution in [0, 0.1) is 0 Å². The first-order chi connectivity index (χ1) is 10.3. The molecule has 2 heterocycles. The van der Waals surface area contributed by atoms with Gasteiger partial charge in [0.05, 0.1) is 0 Å². The van der Waals surface area contributed by atoms with Gasteiger partial charge in [0.25, 0.3) is 0 Å². The van der Waals surface area contributed by atoms with Crippen LogP contribution >= 0.6 is 0 Å². The van der Waals surface area contributed by atoms with E-state index >= 15 is 0 Å². The Kier molecular flexibility index (Phi) is 6.33. The minimum Gasteiger partial charge on any atom is -0.331 e. The molecule has 2 aromatic rings. The molecule has 2 aromatic heterocycles. The third-order valence-corrected chi connectivity index (χ3v) is 3.39. The van der Waals surface area contributed by atoms with Gasteiger partial charge in [-0.2, -0.15) is 10.2 Å². The highest BCUT2D eigenvalue weighted by Crippen LogP contribution is 2.25. The Morgan fingerprint density at radius 3 is 1.67 bits per heavy atom. The van der Waals surface area contributed by atoms with Crippen molar-refractivity contribution in [3.63, 3.8) is 0 Å². The molecule has 0 aromatic carbocycles. The smallest absolute Gasteiger partial charge is 0.154 e. The zero-order chi connectivity index (χ0) is 14.9. The number of unbranched alkanes of at least 4 members (excludes halogenated alkanes) is 2. The van der Waals surface area contributed by atoms with Crippen molar-refractivity contribution in [2.24, 2.45) is 0 Å². The van der Waals surface area contributed by atoms with Gasteiger partial charge in [0.2, 0.25) is 0 Å². The van der Waals surface area contributed by atoms with Crippen molar-refractivity contribution in [1.82, 2.24) is 29.5 Å². The molecule has 0 N–H and O–H groups in total. The molecule has 0 amide bonds. The second-order valence-electron chi connectivity index (χ2n) is 5.08. The summed E-state index contributed by atoms with van der Waals surface area (Å²) in [6, 6.07) is 0. The van der Waals surface area contributed by atoms with Crippen molar-refractivity contribution in [2.75, 3.05) is 0 Å². The lowest BCUT2D eigenvalue weighted by atomic mass is 10.2. The van der Waals surface area contributed by atoms with Gasteiger partial charge in [-0.3, -0.25) is 0 Å². The molecule has 7 heteroatoms. The molecule has 2 unspecified atom stereocenters. The summed E-state index contributed by atoms with van der Waals surface area (Å²) in [5.41, 5.74) is 0. The number of rotatable bonds is 10. The fourth-order valence-electron chi connectivity index (χ4n) is 2.20. The van der Waals surface area contributed by atoms with Gasteiger partial charge in [-0.25, -0.2) is 19.3 Å². The quantitative estimate of drug-likeness (QED) is 0.673.